The largest absolute Gasteiger partial charge is 0.496 e. The van der Waals surface area contributed by atoms with Crippen molar-refractivity contribution in [1.82, 2.24) is 14.8 Å². The molecule has 0 saturated carbocycles. The summed E-state index contributed by atoms with van der Waals surface area (Å²) in [6.45, 7) is 4.80. The molecule has 102 valence electrons. The first-order valence-corrected chi connectivity index (χ1v) is 6.43. The van der Waals surface area contributed by atoms with Gasteiger partial charge in [0.1, 0.15) is 11.6 Å². The summed E-state index contributed by atoms with van der Waals surface area (Å²) in [6, 6.07) is 4.69. The Bertz CT molecular complexity index is 633. The highest BCUT2D eigenvalue weighted by molar-refractivity contribution is 7.71. The fourth-order valence-electron chi connectivity index (χ4n) is 1.93. The predicted molar refractivity (Wildman–Crippen MR) is 74.2 cm³/mol. The van der Waals surface area contributed by atoms with Crippen molar-refractivity contribution >= 4 is 12.2 Å². The Hall–Kier alpha value is -1.69. The van der Waals surface area contributed by atoms with Gasteiger partial charge >= 0.3 is 0 Å². The molecule has 6 heteroatoms. The normalized spacial score (nSPS) is 11.0. The lowest BCUT2D eigenvalue weighted by atomic mass is 10.1. The summed E-state index contributed by atoms with van der Waals surface area (Å²) in [5.74, 6) is 0.909. The lowest BCUT2D eigenvalue weighted by Crippen LogP contribution is -2.07. The summed E-state index contributed by atoms with van der Waals surface area (Å²) in [6.07, 6.45) is 0. The Balaban J connectivity index is 2.63. The van der Waals surface area contributed by atoms with Crippen LogP contribution in [0.15, 0.2) is 18.2 Å². The Labute approximate surface area is 116 Å². The zero-order valence-corrected chi connectivity index (χ0v) is 11.9. The second-order valence-corrected chi connectivity index (χ2v) is 5.06. The molecule has 1 N–H and O–H groups in total. The lowest BCUT2D eigenvalue weighted by Gasteiger charge is -2.12. The van der Waals surface area contributed by atoms with Gasteiger partial charge in [-0.2, -0.15) is 5.10 Å². The molecule has 1 heterocycles. The Kier molecular flexibility index (Phi) is 3.99. The first kappa shape index (κ1) is 13.7. The molecule has 0 spiro atoms. The van der Waals surface area contributed by atoms with Crippen molar-refractivity contribution in [2.75, 3.05) is 7.11 Å². The summed E-state index contributed by atoms with van der Waals surface area (Å²) in [5.41, 5.74) is 0.331. The van der Waals surface area contributed by atoms with Crippen LogP contribution in [-0.4, -0.2) is 21.9 Å². The van der Waals surface area contributed by atoms with Crippen molar-refractivity contribution in [2.45, 2.75) is 20.4 Å². The number of H-pyrrole nitrogens is 1. The summed E-state index contributed by atoms with van der Waals surface area (Å²) in [7, 11) is 1.51. The second-order valence-electron chi connectivity index (χ2n) is 4.67. The smallest absolute Gasteiger partial charge is 0.195 e. The van der Waals surface area contributed by atoms with E-state index in [4.69, 9.17) is 17.0 Å². The molecule has 0 amide bonds. The molecular formula is C13H16FN3OS. The first-order valence-electron chi connectivity index (χ1n) is 6.02. The third-order valence-corrected chi connectivity index (χ3v) is 3.04. The number of rotatable bonds is 4. The van der Waals surface area contributed by atoms with Crippen molar-refractivity contribution in [1.29, 1.82) is 0 Å². The van der Waals surface area contributed by atoms with Crippen LogP contribution in [0.25, 0.3) is 11.4 Å². The number of methoxy groups -OCH3 is 1. The number of benzene rings is 1. The molecule has 0 fully saturated rings. The fraction of sp³-hybridized carbons (Fsp3) is 0.385. The van der Waals surface area contributed by atoms with Crippen LogP contribution in [0.2, 0.25) is 0 Å². The number of nitrogens with zero attached hydrogens (tertiary/aromatic N) is 2. The molecule has 1 aromatic carbocycles. The molecule has 0 radical (unpaired) electrons. The molecule has 0 aliphatic heterocycles. The summed E-state index contributed by atoms with van der Waals surface area (Å²) in [4.78, 5) is 0. The van der Waals surface area contributed by atoms with Crippen molar-refractivity contribution in [3.63, 3.8) is 0 Å². The fourth-order valence-corrected chi connectivity index (χ4v) is 2.14. The number of hydrogen-bond donors (Lipinski definition) is 1. The van der Waals surface area contributed by atoms with Gasteiger partial charge in [-0.15, -0.1) is 0 Å². The van der Waals surface area contributed by atoms with Gasteiger partial charge in [-0.3, -0.25) is 9.67 Å². The van der Waals surface area contributed by atoms with E-state index in [0.717, 1.165) is 0 Å². The lowest BCUT2D eigenvalue weighted by molar-refractivity contribution is 0.412. The number of nitrogens with one attached hydrogen (secondary N) is 1. The van der Waals surface area contributed by atoms with Crippen LogP contribution in [0.3, 0.4) is 0 Å². The standard InChI is InChI=1S/C13H16FN3OS/c1-8(2)7-17-12(15-16-13(17)19)11-9(14)5-4-6-10(11)18-3/h4-6,8H,7H2,1-3H3,(H,16,19). The van der Waals surface area contributed by atoms with Gasteiger partial charge in [0.25, 0.3) is 0 Å². The Morgan fingerprint density at radius 3 is 2.84 bits per heavy atom. The van der Waals surface area contributed by atoms with Gasteiger partial charge in [0.2, 0.25) is 0 Å². The molecule has 0 aliphatic rings. The summed E-state index contributed by atoms with van der Waals surface area (Å²) in [5, 5.41) is 6.85. The summed E-state index contributed by atoms with van der Waals surface area (Å²) < 4.78 is 21.6. The van der Waals surface area contributed by atoms with E-state index in [0.29, 0.717) is 34.4 Å². The minimum Gasteiger partial charge on any atom is -0.496 e. The van der Waals surface area contributed by atoms with Crippen LogP contribution < -0.4 is 4.74 Å². The van der Waals surface area contributed by atoms with E-state index in [1.165, 1.54) is 13.2 Å². The van der Waals surface area contributed by atoms with Crippen molar-refractivity contribution in [3.05, 3.63) is 28.8 Å². The molecule has 0 saturated heterocycles. The molecule has 2 aromatic rings. The van der Waals surface area contributed by atoms with E-state index in [9.17, 15) is 4.39 Å². The maximum absolute atomic E-state index is 14.1. The minimum atomic E-state index is -0.377. The highest BCUT2D eigenvalue weighted by Gasteiger charge is 2.18. The minimum absolute atomic E-state index is 0.331. The third-order valence-electron chi connectivity index (χ3n) is 2.72. The number of aromatic amines is 1. The monoisotopic (exact) mass is 281 g/mol. The zero-order chi connectivity index (χ0) is 14.0. The van der Waals surface area contributed by atoms with E-state index >= 15 is 0 Å². The topological polar surface area (TPSA) is 42.8 Å². The molecule has 1 aromatic heterocycles. The van der Waals surface area contributed by atoms with Gasteiger partial charge < -0.3 is 4.74 Å². The maximum atomic E-state index is 14.1. The van der Waals surface area contributed by atoms with E-state index < -0.39 is 0 Å². The van der Waals surface area contributed by atoms with Gasteiger partial charge in [-0.25, -0.2) is 4.39 Å². The van der Waals surface area contributed by atoms with Gasteiger partial charge in [0, 0.05) is 6.54 Å². The Morgan fingerprint density at radius 2 is 2.21 bits per heavy atom. The zero-order valence-electron chi connectivity index (χ0n) is 11.1. The van der Waals surface area contributed by atoms with E-state index in [2.05, 4.69) is 24.0 Å². The van der Waals surface area contributed by atoms with Crippen LogP contribution >= 0.6 is 12.2 Å². The second kappa shape index (κ2) is 5.52. The molecule has 0 aliphatic carbocycles. The third kappa shape index (κ3) is 2.68. The van der Waals surface area contributed by atoms with E-state index in [1.54, 1.807) is 16.7 Å². The van der Waals surface area contributed by atoms with Crippen LogP contribution in [0, 0.1) is 16.5 Å². The SMILES string of the molecule is COc1cccc(F)c1-c1n[nH]c(=S)n1CC(C)C. The van der Waals surface area contributed by atoms with Crippen LogP contribution in [-0.2, 0) is 6.54 Å². The van der Waals surface area contributed by atoms with Gasteiger partial charge in [-0.05, 0) is 30.3 Å². The molecular weight excluding hydrogens is 265 g/mol. The van der Waals surface area contributed by atoms with Gasteiger partial charge in [-0.1, -0.05) is 19.9 Å². The average Bonchev–Trinajstić information content (AvgIpc) is 2.70. The van der Waals surface area contributed by atoms with Crippen molar-refractivity contribution < 1.29 is 9.13 Å². The maximum Gasteiger partial charge on any atom is 0.195 e. The van der Waals surface area contributed by atoms with Gasteiger partial charge in [0.05, 0.1) is 12.7 Å². The van der Waals surface area contributed by atoms with E-state index in [-0.39, 0.29) is 5.82 Å². The van der Waals surface area contributed by atoms with Crippen molar-refractivity contribution in [2.24, 2.45) is 5.92 Å². The quantitative estimate of drug-likeness (QED) is 0.873. The summed E-state index contributed by atoms with van der Waals surface area (Å²) >= 11 is 5.20. The number of hydrogen-bond acceptors (Lipinski definition) is 3. The van der Waals surface area contributed by atoms with E-state index in [1.807, 2.05) is 0 Å². The molecule has 2 rings (SSSR count). The van der Waals surface area contributed by atoms with Gasteiger partial charge in [0.15, 0.2) is 10.6 Å². The highest BCUT2D eigenvalue weighted by atomic mass is 32.1. The first-order chi connectivity index (χ1) is 9.04. The van der Waals surface area contributed by atoms with Crippen LogP contribution in [0.5, 0.6) is 5.75 Å². The molecule has 0 unspecified atom stereocenters. The Morgan fingerprint density at radius 1 is 1.47 bits per heavy atom. The molecule has 0 bridgehead atoms. The molecule has 4 nitrogen and oxygen atoms in total. The highest BCUT2D eigenvalue weighted by Crippen LogP contribution is 2.31. The number of ether oxygens (including phenoxy) is 1. The van der Waals surface area contributed by atoms with Crippen LogP contribution in [0.1, 0.15) is 13.8 Å². The molecule has 0 atom stereocenters. The number of aromatic nitrogens is 3. The van der Waals surface area contributed by atoms with Crippen LogP contribution in [0.4, 0.5) is 4.39 Å². The predicted octanol–water partition coefficient (Wildman–Crippen LogP) is 3.41. The molecule has 19 heavy (non-hydrogen) atoms. The average molecular weight is 281 g/mol. The number of halogens is 1. The van der Waals surface area contributed by atoms with Crippen molar-refractivity contribution in [3.8, 4) is 17.1 Å².